The average Bonchev–Trinajstić information content (AvgIpc) is 2.49. The third kappa shape index (κ3) is 3.87. The first-order valence-electron chi connectivity index (χ1n) is 7.57. The summed E-state index contributed by atoms with van der Waals surface area (Å²) in [4.78, 5) is 41.7. The Morgan fingerprint density at radius 1 is 1.17 bits per heavy atom. The molecule has 1 aromatic heterocycles. The molecule has 0 unspecified atom stereocenters. The molecule has 2 N–H and O–H groups in total. The Morgan fingerprint density at radius 3 is 2.52 bits per heavy atom. The molecule has 0 atom stereocenters. The van der Waals surface area contributed by atoms with E-state index in [-0.39, 0.29) is 12.5 Å². The van der Waals surface area contributed by atoms with Gasteiger partial charge < -0.3 is 14.7 Å². The lowest BCUT2D eigenvalue weighted by Crippen LogP contribution is -2.31. The van der Waals surface area contributed by atoms with Crippen LogP contribution in [0, 0.1) is 0 Å². The van der Waals surface area contributed by atoms with Crippen LogP contribution in [0.4, 0.5) is 0 Å². The van der Waals surface area contributed by atoms with Gasteiger partial charge in [0.15, 0.2) is 0 Å². The quantitative estimate of drug-likeness (QED) is 0.606. The van der Waals surface area contributed by atoms with Crippen LogP contribution in [-0.4, -0.2) is 41.0 Å². The summed E-state index contributed by atoms with van der Waals surface area (Å²) in [5.74, 6) is -0.296. The van der Waals surface area contributed by atoms with Crippen LogP contribution in [0.1, 0.15) is 25.0 Å². The third-order valence-electron chi connectivity index (χ3n) is 3.62. The zero-order valence-electron chi connectivity index (χ0n) is 13.6. The fourth-order valence-corrected chi connectivity index (χ4v) is 2.55. The first-order chi connectivity index (χ1) is 11.0. The predicted molar refractivity (Wildman–Crippen MR) is 87.5 cm³/mol. The molecule has 124 valence electrons. The average molecular weight is 319 g/mol. The summed E-state index contributed by atoms with van der Waals surface area (Å²) < 4.78 is 4.94. The minimum Gasteiger partial charge on any atom is -0.465 e. The topological polar surface area (TPSA) is 95.3 Å². The van der Waals surface area contributed by atoms with Gasteiger partial charge >= 0.3 is 17.1 Å². The smallest absolute Gasteiger partial charge is 0.320 e. The number of aromatic nitrogens is 2. The highest BCUT2D eigenvalue weighted by molar-refractivity contribution is 5.79. The van der Waals surface area contributed by atoms with Crippen LogP contribution in [0.2, 0.25) is 0 Å². The predicted octanol–water partition coefficient (Wildman–Crippen LogP) is 0.774. The number of likely N-dealkylation sites (N-methyl/N-ethyl adjacent to an activating group) is 1. The fraction of sp³-hybridized carbons (Fsp3) is 0.438. The van der Waals surface area contributed by atoms with Crippen LogP contribution in [0.3, 0.4) is 0 Å². The summed E-state index contributed by atoms with van der Waals surface area (Å²) in [7, 11) is 1.80. The minimum atomic E-state index is -0.681. The molecule has 1 aromatic carbocycles. The van der Waals surface area contributed by atoms with E-state index >= 15 is 0 Å². The van der Waals surface area contributed by atoms with Crippen molar-refractivity contribution in [3.8, 4) is 0 Å². The minimum absolute atomic E-state index is 0.154. The normalized spacial score (nSPS) is 11.1. The number of carbonyl (C=O) groups is 1. The number of benzene rings is 1. The summed E-state index contributed by atoms with van der Waals surface area (Å²) in [6, 6.07) is 3.70. The van der Waals surface area contributed by atoms with Gasteiger partial charge in [-0.05, 0) is 37.6 Å². The van der Waals surface area contributed by atoms with Gasteiger partial charge in [-0.15, -0.1) is 0 Å². The van der Waals surface area contributed by atoms with Crippen LogP contribution in [0.5, 0.6) is 0 Å². The first-order valence-corrected chi connectivity index (χ1v) is 7.57. The van der Waals surface area contributed by atoms with Crippen LogP contribution in [-0.2, 0) is 22.5 Å². The van der Waals surface area contributed by atoms with Crippen molar-refractivity contribution < 1.29 is 9.53 Å². The molecule has 7 nitrogen and oxygen atoms in total. The number of ether oxygens (including phenoxy) is 1. The van der Waals surface area contributed by atoms with Crippen molar-refractivity contribution in [2.45, 2.75) is 26.8 Å². The molecule has 0 aliphatic heterocycles. The molecular formula is C16H21N3O4. The highest BCUT2D eigenvalue weighted by atomic mass is 16.5. The maximum Gasteiger partial charge on any atom is 0.320 e. The molecule has 0 amide bonds. The summed E-state index contributed by atoms with van der Waals surface area (Å²) in [6.07, 6.45) is 0.777. The van der Waals surface area contributed by atoms with Gasteiger partial charge in [0.1, 0.15) is 0 Å². The van der Waals surface area contributed by atoms with E-state index in [1.165, 1.54) is 0 Å². The molecule has 0 saturated carbocycles. The lowest BCUT2D eigenvalue weighted by atomic mass is 10.0. The van der Waals surface area contributed by atoms with Crippen molar-refractivity contribution in [1.82, 2.24) is 14.9 Å². The van der Waals surface area contributed by atoms with Crippen molar-refractivity contribution >= 4 is 17.0 Å². The third-order valence-corrected chi connectivity index (χ3v) is 3.62. The molecule has 2 aromatic rings. The monoisotopic (exact) mass is 319 g/mol. The molecule has 2 rings (SSSR count). The van der Waals surface area contributed by atoms with Crippen molar-refractivity contribution in [1.29, 1.82) is 0 Å². The van der Waals surface area contributed by atoms with Gasteiger partial charge in [-0.2, -0.15) is 0 Å². The van der Waals surface area contributed by atoms with E-state index in [1.54, 1.807) is 20.0 Å². The van der Waals surface area contributed by atoms with Gasteiger partial charge in [-0.25, -0.2) is 0 Å². The molecule has 0 radical (unpaired) electrons. The molecule has 0 fully saturated rings. The van der Waals surface area contributed by atoms with E-state index in [0.717, 1.165) is 17.5 Å². The number of fused-ring (bicyclic) bond motifs is 1. The van der Waals surface area contributed by atoms with E-state index in [4.69, 9.17) is 4.74 Å². The Kier molecular flexibility index (Phi) is 5.33. The SMILES string of the molecule is CCOC(=O)CN(C)Cc1c(CC)ccc2[nH]c(=O)c(=O)[nH]c12. The molecule has 23 heavy (non-hydrogen) atoms. The Balaban J connectivity index is 2.41. The van der Waals surface area contributed by atoms with Gasteiger partial charge in [0.05, 0.1) is 24.2 Å². The summed E-state index contributed by atoms with van der Waals surface area (Å²) in [6.45, 7) is 4.73. The number of hydrogen-bond donors (Lipinski definition) is 2. The van der Waals surface area contributed by atoms with Crippen molar-refractivity contribution in [3.63, 3.8) is 0 Å². The zero-order valence-corrected chi connectivity index (χ0v) is 13.6. The fourth-order valence-electron chi connectivity index (χ4n) is 2.55. The lowest BCUT2D eigenvalue weighted by Gasteiger charge is -2.19. The largest absolute Gasteiger partial charge is 0.465 e. The second kappa shape index (κ2) is 7.23. The van der Waals surface area contributed by atoms with Crippen LogP contribution >= 0.6 is 0 Å². The number of hydrogen-bond acceptors (Lipinski definition) is 5. The Hall–Kier alpha value is -2.41. The van der Waals surface area contributed by atoms with Gasteiger partial charge in [-0.1, -0.05) is 13.0 Å². The van der Waals surface area contributed by atoms with Gasteiger partial charge in [-0.3, -0.25) is 19.3 Å². The molecule has 0 aliphatic carbocycles. The number of aryl methyl sites for hydroxylation is 1. The Labute approximate surface area is 133 Å². The van der Waals surface area contributed by atoms with E-state index in [9.17, 15) is 14.4 Å². The van der Waals surface area contributed by atoms with E-state index in [0.29, 0.717) is 24.2 Å². The maximum absolute atomic E-state index is 11.6. The van der Waals surface area contributed by atoms with Crippen molar-refractivity contribution in [3.05, 3.63) is 44.0 Å². The molecule has 0 bridgehead atoms. The Morgan fingerprint density at radius 2 is 1.87 bits per heavy atom. The highest BCUT2D eigenvalue weighted by Crippen LogP contribution is 2.20. The molecule has 0 saturated heterocycles. The Bertz CT molecular complexity index is 822. The standard InChI is InChI=1S/C16H21N3O4/c1-4-10-6-7-12-14(18-16(22)15(21)17-12)11(10)8-19(3)9-13(20)23-5-2/h6-7H,4-5,8-9H2,1-3H3,(H,17,21)(H,18,22). The van der Waals surface area contributed by atoms with E-state index in [2.05, 4.69) is 9.97 Å². The number of rotatable bonds is 6. The summed E-state index contributed by atoms with van der Waals surface area (Å²) in [5.41, 5.74) is 1.77. The molecular weight excluding hydrogens is 298 g/mol. The number of esters is 1. The van der Waals surface area contributed by atoms with Crippen molar-refractivity contribution in [2.75, 3.05) is 20.2 Å². The first kappa shape index (κ1) is 17.0. The van der Waals surface area contributed by atoms with E-state index < -0.39 is 11.1 Å². The summed E-state index contributed by atoms with van der Waals surface area (Å²) in [5, 5.41) is 0. The van der Waals surface area contributed by atoms with Crippen LogP contribution in [0.15, 0.2) is 21.7 Å². The molecule has 0 aliphatic rings. The number of aromatic amines is 2. The van der Waals surface area contributed by atoms with Crippen LogP contribution < -0.4 is 11.1 Å². The number of nitrogens with one attached hydrogen (secondary N) is 2. The van der Waals surface area contributed by atoms with Gasteiger partial charge in [0, 0.05) is 6.54 Å². The van der Waals surface area contributed by atoms with Crippen molar-refractivity contribution in [2.24, 2.45) is 0 Å². The number of H-pyrrole nitrogens is 2. The zero-order chi connectivity index (χ0) is 17.0. The second-order valence-electron chi connectivity index (χ2n) is 5.36. The highest BCUT2D eigenvalue weighted by Gasteiger charge is 2.14. The number of carbonyl (C=O) groups excluding carboxylic acids is 1. The van der Waals surface area contributed by atoms with Crippen LogP contribution in [0.25, 0.3) is 11.0 Å². The molecule has 7 heteroatoms. The molecule has 0 spiro atoms. The van der Waals surface area contributed by atoms with Gasteiger partial charge in [0.2, 0.25) is 0 Å². The summed E-state index contributed by atoms with van der Waals surface area (Å²) >= 11 is 0. The number of nitrogens with zero attached hydrogens (tertiary/aromatic N) is 1. The lowest BCUT2D eigenvalue weighted by molar-refractivity contribution is -0.144. The second-order valence-corrected chi connectivity index (χ2v) is 5.36. The maximum atomic E-state index is 11.6. The van der Waals surface area contributed by atoms with Gasteiger partial charge in [0.25, 0.3) is 0 Å². The van der Waals surface area contributed by atoms with E-state index in [1.807, 2.05) is 17.9 Å². The molecule has 1 heterocycles.